The number of benzene rings is 1. The van der Waals surface area contributed by atoms with Crippen LogP contribution < -0.4 is 4.74 Å². The molecule has 1 saturated carbocycles. The van der Waals surface area contributed by atoms with Crippen LogP contribution in [0.1, 0.15) is 61.9 Å². The van der Waals surface area contributed by atoms with Gasteiger partial charge in [-0.3, -0.25) is 0 Å². The Morgan fingerprint density at radius 3 is 2.90 bits per heavy atom. The molecule has 2 heteroatoms. The second kappa shape index (κ2) is 5.71. The highest BCUT2D eigenvalue weighted by Gasteiger charge is 2.37. The van der Waals surface area contributed by atoms with Crippen LogP contribution in [0.4, 0.5) is 0 Å². The van der Waals surface area contributed by atoms with E-state index in [1.165, 1.54) is 36.8 Å². The minimum atomic E-state index is 0.443. The van der Waals surface area contributed by atoms with Crippen LogP contribution in [0.25, 0.3) is 0 Å². The van der Waals surface area contributed by atoms with Gasteiger partial charge in [-0.1, -0.05) is 54.8 Å². The first-order valence-electron chi connectivity index (χ1n) is 7.98. The predicted molar refractivity (Wildman–Crippen MR) is 87.7 cm³/mol. The highest BCUT2D eigenvalue weighted by Crippen LogP contribution is 2.50. The van der Waals surface area contributed by atoms with Crippen LogP contribution in [-0.4, -0.2) is 6.61 Å². The second-order valence-electron chi connectivity index (χ2n) is 7.06. The zero-order chi connectivity index (χ0) is 14.2. The van der Waals surface area contributed by atoms with Crippen molar-refractivity contribution < 1.29 is 4.74 Å². The maximum atomic E-state index is 5.73. The van der Waals surface area contributed by atoms with Gasteiger partial charge in [0.1, 0.15) is 5.75 Å². The number of rotatable bonds is 2. The van der Waals surface area contributed by atoms with Gasteiger partial charge < -0.3 is 4.74 Å². The molecule has 110 valence electrons. The highest BCUT2D eigenvalue weighted by molar-refractivity contribution is 9.09. The Hall–Kier alpha value is -0.500. The van der Waals surface area contributed by atoms with Gasteiger partial charge in [0.05, 0.1) is 6.61 Å². The van der Waals surface area contributed by atoms with E-state index in [0.29, 0.717) is 10.2 Å². The number of halogens is 1. The average molecular weight is 337 g/mol. The topological polar surface area (TPSA) is 9.23 Å². The summed E-state index contributed by atoms with van der Waals surface area (Å²) in [5.41, 5.74) is 3.28. The van der Waals surface area contributed by atoms with Gasteiger partial charge >= 0.3 is 0 Å². The average Bonchev–Trinajstić information content (AvgIpc) is 2.45. The third-order valence-electron chi connectivity index (χ3n) is 5.19. The molecule has 1 aromatic carbocycles. The van der Waals surface area contributed by atoms with Crippen LogP contribution in [0.3, 0.4) is 0 Å². The van der Waals surface area contributed by atoms with E-state index in [9.17, 15) is 0 Å². The van der Waals surface area contributed by atoms with E-state index in [1.807, 2.05) is 0 Å². The number of hydrogen-bond acceptors (Lipinski definition) is 1. The van der Waals surface area contributed by atoms with E-state index in [1.54, 1.807) is 0 Å². The Labute approximate surface area is 131 Å². The summed E-state index contributed by atoms with van der Waals surface area (Å²) in [4.78, 5) is 0.477. The summed E-state index contributed by atoms with van der Waals surface area (Å²) in [6.45, 7) is 5.75. The summed E-state index contributed by atoms with van der Waals surface area (Å²) in [7, 11) is 0. The van der Waals surface area contributed by atoms with Crippen LogP contribution in [0.5, 0.6) is 5.75 Å². The van der Waals surface area contributed by atoms with Crippen molar-refractivity contribution >= 4 is 15.9 Å². The van der Waals surface area contributed by atoms with Crippen LogP contribution in [0.2, 0.25) is 0 Å². The molecule has 0 bridgehead atoms. The first-order valence-corrected chi connectivity index (χ1v) is 8.89. The van der Waals surface area contributed by atoms with Gasteiger partial charge in [-0.05, 0) is 54.2 Å². The highest BCUT2D eigenvalue weighted by atomic mass is 79.9. The third-order valence-corrected chi connectivity index (χ3v) is 6.36. The van der Waals surface area contributed by atoms with Gasteiger partial charge in [0.2, 0.25) is 0 Å². The minimum Gasteiger partial charge on any atom is -0.493 e. The van der Waals surface area contributed by atoms with Crippen molar-refractivity contribution in [2.45, 2.75) is 57.2 Å². The van der Waals surface area contributed by atoms with Gasteiger partial charge in [0.25, 0.3) is 0 Å². The molecule has 1 heterocycles. The SMILES string of the molecule is CC1(C)CCCCC1C(Br)c1ccc2c(c1)CCCO2. The zero-order valence-electron chi connectivity index (χ0n) is 12.6. The number of fused-ring (bicyclic) bond motifs is 1. The van der Waals surface area contributed by atoms with Crippen molar-refractivity contribution in [1.29, 1.82) is 0 Å². The third kappa shape index (κ3) is 2.77. The summed E-state index contributed by atoms with van der Waals surface area (Å²) in [5, 5.41) is 0. The van der Waals surface area contributed by atoms with Crippen molar-refractivity contribution in [3.05, 3.63) is 29.3 Å². The molecular weight excluding hydrogens is 312 g/mol. The van der Waals surface area contributed by atoms with Crippen LogP contribution >= 0.6 is 15.9 Å². The molecule has 1 aromatic rings. The zero-order valence-corrected chi connectivity index (χ0v) is 14.2. The van der Waals surface area contributed by atoms with Crippen LogP contribution in [0.15, 0.2) is 18.2 Å². The van der Waals surface area contributed by atoms with Gasteiger partial charge in [-0.25, -0.2) is 0 Å². The van der Waals surface area contributed by atoms with Crippen LogP contribution in [-0.2, 0) is 6.42 Å². The number of alkyl halides is 1. The Morgan fingerprint density at radius 1 is 1.25 bits per heavy atom. The molecule has 3 rings (SSSR count). The van der Waals surface area contributed by atoms with Crippen molar-refractivity contribution in [3.63, 3.8) is 0 Å². The maximum Gasteiger partial charge on any atom is 0.122 e. The molecule has 0 spiro atoms. The molecule has 0 N–H and O–H groups in total. The van der Waals surface area contributed by atoms with E-state index in [2.05, 4.69) is 48.0 Å². The molecule has 0 saturated heterocycles. The number of aryl methyl sites for hydroxylation is 1. The Morgan fingerprint density at radius 2 is 2.10 bits per heavy atom. The summed E-state index contributed by atoms with van der Waals surface area (Å²) in [6, 6.07) is 6.81. The van der Waals surface area contributed by atoms with Crippen molar-refractivity contribution in [2.24, 2.45) is 11.3 Å². The minimum absolute atomic E-state index is 0.443. The lowest BCUT2D eigenvalue weighted by Crippen LogP contribution is -2.30. The van der Waals surface area contributed by atoms with Gasteiger partial charge in [-0.15, -0.1) is 0 Å². The first kappa shape index (κ1) is 14.4. The molecule has 1 aliphatic carbocycles. The second-order valence-corrected chi connectivity index (χ2v) is 8.05. The van der Waals surface area contributed by atoms with Gasteiger partial charge in [0.15, 0.2) is 0 Å². The lowest BCUT2D eigenvalue weighted by molar-refractivity contribution is 0.136. The summed E-state index contributed by atoms with van der Waals surface area (Å²) >= 11 is 4.01. The maximum absolute atomic E-state index is 5.73. The predicted octanol–water partition coefficient (Wildman–Crippen LogP) is 5.66. The number of ether oxygens (including phenoxy) is 1. The fraction of sp³-hybridized carbons (Fsp3) is 0.667. The summed E-state index contributed by atoms with van der Waals surface area (Å²) in [5.74, 6) is 1.83. The van der Waals surface area contributed by atoms with Gasteiger partial charge in [0, 0.05) is 4.83 Å². The Kier molecular flexibility index (Phi) is 4.12. The largest absolute Gasteiger partial charge is 0.493 e. The summed E-state index contributed by atoms with van der Waals surface area (Å²) in [6.07, 6.45) is 7.78. The lowest BCUT2D eigenvalue weighted by Gasteiger charge is -2.41. The van der Waals surface area contributed by atoms with Crippen molar-refractivity contribution in [1.82, 2.24) is 0 Å². The van der Waals surface area contributed by atoms with Gasteiger partial charge in [-0.2, -0.15) is 0 Å². The monoisotopic (exact) mass is 336 g/mol. The molecular formula is C18H25BrO. The van der Waals surface area contributed by atoms with E-state index in [0.717, 1.165) is 31.1 Å². The first-order chi connectivity index (χ1) is 9.58. The van der Waals surface area contributed by atoms with E-state index >= 15 is 0 Å². The fourth-order valence-corrected chi connectivity index (χ4v) is 5.11. The van der Waals surface area contributed by atoms with Crippen molar-refractivity contribution in [3.8, 4) is 5.75 Å². The standard InChI is InChI=1S/C18H25BrO/c1-18(2)10-4-3-7-15(18)17(19)14-8-9-16-13(12-14)6-5-11-20-16/h8-9,12,15,17H,3-7,10-11H2,1-2H3. The molecule has 2 unspecified atom stereocenters. The molecule has 2 aliphatic rings. The van der Waals surface area contributed by atoms with E-state index in [-0.39, 0.29) is 0 Å². The molecule has 1 nitrogen and oxygen atoms in total. The summed E-state index contributed by atoms with van der Waals surface area (Å²) < 4.78 is 5.73. The number of hydrogen-bond donors (Lipinski definition) is 0. The van der Waals surface area contributed by atoms with E-state index < -0.39 is 0 Å². The molecule has 0 amide bonds. The molecule has 2 atom stereocenters. The molecule has 1 aliphatic heterocycles. The molecule has 1 fully saturated rings. The smallest absolute Gasteiger partial charge is 0.122 e. The van der Waals surface area contributed by atoms with E-state index in [4.69, 9.17) is 4.74 Å². The molecule has 0 radical (unpaired) electrons. The van der Waals surface area contributed by atoms with Crippen LogP contribution in [0, 0.1) is 11.3 Å². The van der Waals surface area contributed by atoms with Crippen molar-refractivity contribution in [2.75, 3.05) is 6.61 Å². The molecule has 20 heavy (non-hydrogen) atoms. The quantitative estimate of drug-likeness (QED) is 0.632. The fourth-order valence-electron chi connectivity index (χ4n) is 3.85. The molecule has 0 aromatic heterocycles. The lowest BCUT2D eigenvalue weighted by atomic mass is 9.66. The normalized spacial score (nSPS) is 26.4. The Balaban J connectivity index is 1.84. The Bertz CT molecular complexity index is 480.